The molecule has 4 nitrogen and oxygen atoms in total. The van der Waals surface area contributed by atoms with Gasteiger partial charge in [0.05, 0.1) is 18.7 Å². The van der Waals surface area contributed by atoms with E-state index in [-0.39, 0.29) is 11.9 Å². The van der Waals surface area contributed by atoms with Crippen LogP contribution in [0, 0.1) is 11.3 Å². The van der Waals surface area contributed by atoms with E-state index in [9.17, 15) is 4.79 Å². The highest BCUT2D eigenvalue weighted by molar-refractivity contribution is 5.77. The molecule has 80 valence electrons. The van der Waals surface area contributed by atoms with Crippen LogP contribution in [0.1, 0.15) is 20.3 Å². The second-order valence-corrected chi connectivity index (χ2v) is 3.40. The highest BCUT2D eigenvalue weighted by atomic mass is 16.2. The first-order chi connectivity index (χ1) is 6.56. The molecule has 0 aliphatic rings. The third-order valence-electron chi connectivity index (χ3n) is 2.22. The van der Waals surface area contributed by atoms with Crippen LogP contribution in [0.2, 0.25) is 0 Å². The molecule has 0 N–H and O–H groups in total. The van der Waals surface area contributed by atoms with Gasteiger partial charge in [-0.25, -0.2) is 0 Å². The van der Waals surface area contributed by atoms with Crippen LogP contribution in [-0.2, 0) is 4.79 Å². The van der Waals surface area contributed by atoms with Crippen molar-refractivity contribution in [2.75, 3.05) is 27.2 Å². The van der Waals surface area contributed by atoms with Gasteiger partial charge in [-0.3, -0.25) is 9.69 Å². The molecule has 1 atom stereocenters. The lowest BCUT2D eigenvalue weighted by atomic mass is 10.2. The summed E-state index contributed by atoms with van der Waals surface area (Å²) in [4.78, 5) is 14.9. The van der Waals surface area contributed by atoms with Crippen molar-refractivity contribution >= 4 is 5.91 Å². The monoisotopic (exact) mass is 197 g/mol. The van der Waals surface area contributed by atoms with Gasteiger partial charge >= 0.3 is 0 Å². The Labute approximate surface area is 86.1 Å². The van der Waals surface area contributed by atoms with Crippen LogP contribution in [0.25, 0.3) is 0 Å². The summed E-state index contributed by atoms with van der Waals surface area (Å²) in [5.41, 5.74) is 0. The van der Waals surface area contributed by atoms with Gasteiger partial charge in [-0.15, -0.1) is 0 Å². The maximum atomic E-state index is 11.4. The predicted octanol–water partition coefficient (Wildman–Crippen LogP) is 0.699. The molecule has 1 amide bonds. The Bertz CT molecular complexity index is 220. The number of carbonyl (C=O) groups excluding carboxylic acids is 1. The first-order valence-corrected chi connectivity index (χ1v) is 4.90. The molecule has 0 spiro atoms. The third kappa shape index (κ3) is 3.75. The van der Waals surface area contributed by atoms with E-state index >= 15 is 0 Å². The number of likely N-dealkylation sites (N-methyl/N-ethyl adjacent to an activating group) is 2. The lowest BCUT2D eigenvalue weighted by molar-refractivity contribution is -0.130. The lowest BCUT2D eigenvalue weighted by Gasteiger charge is -2.25. The van der Waals surface area contributed by atoms with Gasteiger partial charge in [0.1, 0.15) is 0 Å². The average molecular weight is 197 g/mol. The van der Waals surface area contributed by atoms with Crippen LogP contribution in [-0.4, -0.2) is 48.9 Å². The topological polar surface area (TPSA) is 47.3 Å². The Morgan fingerprint density at radius 3 is 2.29 bits per heavy atom. The summed E-state index contributed by atoms with van der Waals surface area (Å²) in [6.45, 7) is 4.97. The minimum absolute atomic E-state index is 0.0422. The van der Waals surface area contributed by atoms with E-state index in [1.54, 1.807) is 19.0 Å². The van der Waals surface area contributed by atoms with Crippen LogP contribution in [0.5, 0.6) is 0 Å². The van der Waals surface area contributed by atoms with E-state index in [4.69, 9.17) is 5.26 Å². The maximum Gasteiger partial charge on any atom is 0.236 e. The summed E-state index contributed by atoms with van der Waals surface area (Å²) < 4.78 is 0. The van der Waals surface area contributed by atoms with Crippen molar-refractivity contribution in [1.82, 2.24) is 9.80 Å². The van der Waals surface area contributed by atoms with Crippen molar-refractivity contribution in [1.29, 1.82) is 5.26 Å². The van der Waals surface area contributed by atoms with E-state index in [0.29, 0.717) is 6.54 Å². The molecule has 14 heavy (non-hydrogen) atoms. The second-order valence-electron chi connectivity index (χ2n) is 3.40. The molecule has 0 fully saturated rings. The van der Waals surface area contributed by atoms with Gasteiger partial charge in [0.25, 0.3) is 0 Å². The van der Waals surface area contributed by atoms with E-state index < -0.39 is 0 Å². The normalized spacial score (nSPS) is 12.3. The molecule has 0 aliphatic heterocycles. The van der Waals surface area contributed by atoms with Crippen LogP contribution in [0.3, 0.4) is 0 Å². The zero-order chi connectivity index (χ0) is 11.1. The molecule has 1 unspecified atom stereocenters. The van der Waals surface area contributed by atoms with Crippen molar-refractivity contribution in [2.24, 2.45) is 0 Å². The van der Waals surface area contributed by atoms with Crippen molar-refractivity contribution in [3.8, 4) is 6.07 Å². The fourth-order valence-corrected chi connectivity index (χ4v) is 1.19. The molecule has 0 aliphatic carbocycles. The number of amides is 1. The number of nitriles is 1. The van der Waals surface area contributed by atoms with Gasteiger partial charge in [0, 0.05) is 14.1 Å². The maximum absolute atomic E-state index is 11.4. The van der Waals surface area contributed by atoms with Crippen molar-refractivity contribution in [2.45, 2.75) is 26.3 Å². The van der Waals surface area contributed by atoms with Crippen LogP contribution >= 0.6 is 0 Å². The van der Waals surface area contributed by atoms with Gasteiger partial charge in [-0.05, 0) is 13.0 Å². The molecule has 0 aromatic rings. The van der Waals surface area contributed by atoms with Crippen molar-refractivity contribution in [3.63, 3.8) is 0 Å². The SMILES string of the molecule is CCC(C#N)N(CC)CC(=O)N(C)C. The van der Waals surface area contributed by atoms with Crippen LogP contribution in [0.4, 0.5) is 0 Å². The molecule has 0 radical (unpaired) electrons. The summed E-state index contributed by atoms with van der Waals surface area (Å²) in [6, 6.07) is 2.05. The van der Waals surface area contributed by atoms with Gasteiger partial charge in [-0.2, -0.15) is 5.26 Å². The van der Waals surface area contributed by atoms with E-state index in [1.807, 2.05) is 18.7 Å². The van der Waals surface area contributed by atoms with Crippen molar-refractivity contribution < 1.29 is 4.79 Å². The largest absolute Gasteiger partial charge is 0.348 e. The second kappa shape index (κ2) is 6.39. The first kappa shape index (κ1) is 12.9. The molecule has 0 aromatic carbocycles. The Hall–Kier alpha value is -1.08. The molecule has 0 heterocycles. The van der Waals surface area contributed by atoms with E-state index in [1.165, 1.54) is 0 Å². The standard InChI is InChI=1S/C10H19N3O/c1-5-9(7-11)13(6-2)8-10(14)12(3)4/h9H,5-6,8H2,1-4H3. The molecule has 0 saturated carbocycles. The van der Waals surface area contributed by atoms with Gasteiger partial charge < -0.3 is 4.90 Å². The minimum Gasteiger partial charge on any atom is -0.348 e. The Kier molecular flexibility index (Phi) is 5.89. The number of hydrogen-bond acceptors (Lipinski definition) is 3. The number of carbonyl (C=O) groups is 1. The summed E-state index contributed by atoms with van der Waals surface area (Å²) >= 11 is 0. The zero-order valence-corrected chi connectivity index (χ0v) is 9.45. The van der Waals surface area contributed by atoms with Crippen LogP contribution in [0.15, 0.2) is 0 Å². The third-order valence-corrected chi connectivity index (χ3v) is 2.22. The number of rotatable bonds is 5. The Morgan fingerprint density at radius 1 is 1.43 bits per heavy atom. The fourth-order valence-electron chi connectivity index (χ4n) is 1.19. The van der Waals surface area contributed by atoms with Gasteiger partial charge in [-0.1, -0.05) is 13.8 Å². The van der Waals surface area contributed by atoms with Crippen LogP contribution < -0.4 is 0 Å². The van der Waals surface area contributed by atoms with E-state index in [2.05, 4.69) is 6.07 Å². The average Bonchev–Trinajstić information content (AvgIpc) is 2.17. The Balaban J connectivity index is 4.29. The summed E-state index contributed by atoms with van der Waals surface area (Å²) in [6.07, 6.45) is 0.755. The number of nitrogens with zero attached hydrogens (tertiary/aromatic N) is 3. The molecule has 4 heteroatoms. The van der Waals surface area contributed by atoms with E-state index in [0.717, 1.165) is 13.0 Å². The summed E-state index contributed by atoms with van der Waals surface area (Å²) in [5.74, 6) is 0.0422. The first-order valence-electron chi connectivity index (χ1n) is 4.90. The highest BCUT2D eigenvalue weighted by Crippen LogP contribution is 2.02. The molecule has 0 rings (SSSR count). The minimum atomic E-state index is -0.149. The summed E-state index contributed by atoms with van der Waals surface area (Å²) in [7, 11) is 3.45. The lowest BCUT2D eigenvalue weighted by Crippen LogP contribution is -2.41. The number of hydrogen-bond donors (Lipinski definition) is 0. The molecule has 0 aromatic heterocycles. The quantitative estimate of drug-likeness (QED) is 0.651. The van der Waals surface area contributed by atoms with Gasteiger partial charge in [0.15, 0.2) is 0 Å². The summed E-state index contributed by atoms with van der Waals surface area (Å²) in [5, 5.41) is 8.86. The molecule has 0 saturated heterocycles. The predicted molar refractivity (Wildman–Crippen MR) is 55.6 cm³/mol. The Morgan fingerprint density at radius 2 is 2.00 bits per heavy atom. The molecule has 0 bridgehead atoms. The van der Waals surface area contributed by atoms with Gasteiger partial charge in [0.2, 0.25) is 5.91 Å². The molecular weight excluding hydrogens is 178 g/mol. The smallest absolute Gasteiger partial charge is 0.236 e. The fraction of sp³-hybridized carbons (Fsp3) is 0.800. The highest BCUT2D eigenvalue weighted by Gasteiger charge is 2.18. The molecular formula is C10H19N3O. The van der Waals surface area contributed by atoms with Crippen molar-refractivity contribution in [3.05, 3.63) is 0 Å². The zero-order valence-electron chi connectivity index (χ0n) is 9.45.